The Labute approximate surface area is 429 Å². The van der Waals surface area contributed by atoms with Gasteiger partial charge in [-0.05, 0) is 96.3 Å². The summed E-state index contributed by atoms with van der Waals surface area (Å²) in [6.07, 6.45) is 72.6. The maximum atomic E-state index is 12.8. The lowest BCUT2D eigenvalue weighted by Gasteiger charge is -2.31. The van der Waals surface area contributed by atoms with Gasteiger partial charge in [0.1, 0.15) is 6.61 Å². The fourth-order valence-electron chi connectivity index (χ4n) is 7.45. The van der Waals surface area contributed by atoms with E-state index in [9.17, 15) is 19.5 Å². The van der Waals surface area contributed by atoms with Gasteiger partial charge in [-0.1, -0.05) is 206 Å². The van der Waals surface area contributed by atoms with Crippen molar-refractivity contribution in [3.8, 4) is 0 Å². The van der Waals surface area contributed by atoms with Crippen LogP contribution in [0.4, 0.5) is 0 Å². The predicted octanol–water partition coefficient (Wildman–Crippen LogP) is 16.5. The van der Waals surface area contributed by atoms with Gasteiger partial charge < -0.3 is 23.8 Å². The highest BCUT2D eigenvalue weighted by Gasteiger charge is 2.31. The second-order valence-electron chi connectivity index (χ2n) is 19.1. The van der Waals surface area contributed by atoms with E-state index in [4.69, 9.17) is 14.2 Å². The van der Waals surface area contributed by atoms with Gasteiger partial charge >= 0.3 is 17.9 Å². The highest BCUT2D eigenvalue weighted by Crippen LogP contribution is 2.15. The van der Waals surface area contributed by atoms with E-state index in [1.165, 1.54) is 70.6 Å². The average molecular weight is 973 g/mol. The minimum atomic E-state index is -0.886. The minimum absolute atomic E-state index is 0.0353. The van der Waals surface area contributed by atoms with Gasteiger partial charge in [0.2, 0.25) is 0 Å². The summed E-state index contributed by atoms with van der Waals surface area (Å²) in [5.74, 6) is -1.55. The van der Waals surface area contributed by atoms with Crippen LogP contribution in [0, 0.1) is 0 Å². The summed E-state index contributed by atoms with van der Waals surface area (Å²) >= 11 is 0. The molecule has 0 aliphatic heterocycles. The molecule has 2 unspecified atom stereocenters. The van der Waals surface area contributed by atoms with Crippen molar-refractivity contribution in [3.63, 3.8) is 0 Å². The topological polar surface area (TPSA) is 99.1 Å². The molecule has 0 spiro atoms. The molecule has 0 aliphatic carbocycles. The lowest BCUT2D eigenvalue weighted by molar-refractivity contribution is -0.887. The first-order valence-electron chi connectivity index (χ1n) is 27.6. The van der Waals surface area contributed by atoms with Crippen LogP contribution in [0.25, 0.3) is 0 Å². The van der Waals surface area contributed by atoms with Gasteiger partial charge in [-0.2, -0.15) is 0 Å². The number of carboxylic acid groups (broad SMARTS) is 1. The van der Waals surface area contributed by atoms with E-state index in [0.29, 0.717) is 19.3 Å². The number of ether oxygens (including phenoxy) is 3. The average Bonchev–Trinajstić information content (AvgIpc) is 3.33. The number of carbonyl (C=O) groups excluding carboxylic acids is 2. The Morgan fingerprint density at radius 3 is 1.16 bits per heavy atom. The van der Waals surface area contributed by atoms with Crippen molar-refractivity contribution in [3.05, 3.63) is 122 Å². The number of likely N-dealkylation sites (N-methyl/N-ethyl adjacent to an activating group) is 1. The molecule has 1 N–H and O–H groups in total. The number of hydrogen-bond acceptors (Lipinski definition) is 6. The quantitative estimate of drug-likeness (QED) is 0.0281. The van der Waals surface area contributed by atoms with Crippen molar-refractivity contribution in [1.82, 2.24) is 0 Å². The molecule has 0 saturated heterocycles. The van der Waals surface area contributed by atoms with Crippen molar-refractivity contribution in [2.45, 2.75) is 212 Å². The molecular weight excluding hydrogens is 871 g/mol. The molecule has 0 heterocycles. The number of carbonyl (C=O) groups is 3. The van der Waals surface area contributed by atoms with Crippen molar-refractivity contribution in [2.24, 2.45) is 0 Å². The molecule has 0 rings (SSSR count). The lowest BCUT2D eigenvalue weighted by atomic mass is 10.0. The fraction of sp³-hybridized carbons (Fsp3) is 0.629. The number of hydrogen-bond donors (Lipinski definition) is 1. The zero-order valence-corrected chi connectivity index (χ0v) is 45.2. The zero-order chi connectivity index (χ0) is 51.3. The Morgan fingerprint density at radius 2 is 0.771 bits per heavy atom. The van der Waals surface area contributed by atoms with E-state index in [0.717, 1.165) is 89.9 Å². The number of quaternary nitrogens is 1. The van der Waals surface area contributed by atoms with E-state index in [-0.39, 0.29) is 42.7 Å². The van der Waals surface area contributed by atoms with Crippen molar-refractivity contribution >= 4 is 17.9 Å². The highest BCUT2D eigenvalue weighted by atomic mass is 16.6. The molecule has 0 aromatic rings. The Balaban J connectivity index is 4.32. The summed E-state index contributed by atoms with van der Waals surface area (Å²) in [6, 6.07) is -0.632. The van der Waals surface area contributed by atoms with E-state index >= 15 is 0 Å². The molecule has 0 saturated carbocycles. The van der Waals surface area contributed by atoms with Gasteiger partial charge in [0, 0.05) is 19.3 Å². The number of aliphatic carboxylic acids is 1. The Kier molecular flexibility index (Phi) is 48.0. The van der Waals surface area contributed by atoms with E-state index in [2.05, 4.69) is 135 Å². The maximum Gasteiger partial charge on any atom is 0.362 e. The maximum absolute atomic E-state index is 12.8. The molecule has 0 fully saturated rings. The van der Waals surface area contributed by atoms with Crippen LogP contribution in [0.15, 0.2) is 122 Å². The van der Waals surface area contributed by atoms with Crippen LogP contribution in [0.5, 0.6) is 0 Å². The zero-order valence-electron chi connectivity index (χ0n) is 45.2. The van der Waals surface area contributed by atoms with Crippen LogP contribution in [-0.4, -0.2) is 80.6 Å². The molecule has 0 bridgehead atoms. The van der Waals surface area contributed by atoms with E-state index in [1.54, 1.807) is 0 Å². The largest absolute Gasteiger partial charge is 0.477 e. The number of esters is 2. The molecule has 8 nitrogen and oxygen atoms in total. The molecule has 70 heavy (non-hydrogen) atoms. The first kappa shape index (κ1) is 65.7. The summed E-state index contributed by atoms with van der Waals surface area (Å²) in [6.45, 7) is 4.45. The van der Waals surface area contributed by atoms with Crippen LogP contribution >= 0.6 is 0 Å². The Hall–Kier alpha value is -4.27. The molecule has 0 aromatic heterocycles. The van der Waals surface area contributed by atoms with Crippen LogP contribution in [0.1, 0.15) is 200 Å². The van der Waals surface area contributed by atoms with Gasteiger partial charge in [-0.3, -0.25) is 9.59 Å². The van der Waals surface area contributed by atoms with Crippen molar-refractivity contribution in [2.75, 3.05) is 41.0 Å². The van der Waals surface area contributed by atoms with Gasteiger partial charge in [-0.25, -0.2) is 4.79 Å². The molecule has 2 atom stereocenters. The molecule has 0 amide bonds. The standard InChI is InChI=1S/C62H101NO7/c1-6-8-10-12-14-16-18-20-22-24-26-28-30-32-34-36-38-40-42-44-46-48-50-52-60(64)69-57-58(56-68-55-54-59(62(66)67)63(3,4)5)70-61(65)53-51-49-47-45-43-41-39-37-35-33-31-29-27-25-23-21-19-17-15-13-11-9-7-2/h8-11,14-17,20-23,26,28,32,34,38,40,44,46,58-59H,6-7,12-13,18-19,24-25,27,29-31,33,35-37,39,41-43,45,47-57H2,1-5H3/p+1/b10-8+,11-9+,16-14+,17-15+,22-20+,23-21+,28-26+,34-32+,40-38+,46-44+. The normalized spacial score (nSPS) is 13.8. The third-order valence-electron chi connectivity index (χ3n) is 11.6. The Morgan fingerprint density at radius 1 is 0.429 bits per heavy atom. The van der Waals surface area contributed by atoms with Crippen LogP contribution in [0.3, 0.4) is 0 Å². The third kappa shape index (κ3) is 48.7. The summed E-state index contributed by atoms with van der Waals surface area (Å²) in [5, 5.41) is 9.67. The van der Waals surface area contributed by atoms with Crippen LogP contribution < -0.4 is 0 Å². The van der Waals surface area contributed by atoms with Crippen molar-refractivity contribution in [1.29, 1.82) is 0 Å². The molecule has 396 valence electrons. The van der Waals surface area contributed by atoms with Crippen molar-refractivity contribution < 1.29 is 38.2 Å². The summed E-state index contributed by atoms with van der Waals surface area (Å²) < 4.78 is 17.3. The number of nitrogens with zero attached hydrogens (tertiary/aromatic N) is 1. The summed E-state index contributed by atoms with van der Waals surface area (Å²) in [4.78, 5) is 37.2. The molecule has 0 aliphatic rings. The molecule has 8 heteroatoms. The molecule has 0 radical (unpaired) electrons. The van der Waals surface area contributed by atoms with E-state index in [1.807, 2.05) is 21.1 Å². The van der Waals surface area contributed by atoms with Gasteiger partial charge in [0.25, 0.3) is 0 Å². The fourth-order valence-corrected chi connectivity index (χ4v) is 7.45. The minimum Gasteiger partial charge on any atom is -0.477 e. The van der Waals surface area contributed by atoms with E-state index < -0.39 is 18.1 Å². The third-order valence-corrected chi connectivity index (χ3v) is 11.6. The SMILES string of the molecule is CC/C=C/C/C=C/C/C=C/C/C=C/C/C=C/C/C=C/C/C=C/CCCC(=O)OCC(COCCC(C(=O)O)[N+](C)(C)C)OC(=O)CCCCCCCCCCCCCCC/C=C/C/C=C/C/C=C/CC. The number of allylic oxidation sites excluding steroid dienone is 20. The molecular formula is C62H102NO7+. The predicted molar refractivity (Wildman–Crippen MR) is 298 cm³/mol. The van der Waals surface area contributed by atoms with Gasteiger partial charge in [-0.15, -0.1) is 0 Å². The number of unbranched alkanes of at least 4 members (excludes halogenated alkanes) is 14. The summed E-state index contributed by atoms with van der Waals surface area (Å²) in [7, 11) is 5.51. The van der Waals surface area contributed by atoms with Crippen LogP contribution in [-0.2, 0) is 28.6 Å². The van der Waals surface area contributed by atoms with Gasteiger partial charge in [0.05, 0.1) is 34.4 Å². The first-order valence-corrected chi connectivity index (χ1v) is 27.6. The number of rotatable bonds is 48. The second-order valence-corrected chi connectivity index (χ2v) is 19.1. The van der Waals surface area contributed by atoms with Gasteiger partial charge in [0.15, 0.2) is 12.1 Å². The second kappa shape index (κ2) is 51.1. The highest BCUT2D eigenvalue weighted by molar-refractivity contribution is 5.72. The Bertz CT molecular complexity index is 1550. The smallest absolute Gasteiger partial charge is 0.362 e. The first-order chi connectivity index (χ1) is 34.1. The lowest BCUT2D eigenvalue weighted by Crippen LogP contribution is -2.50. The number of carboxylic acids is 1. The van der Waals surface area contributed by atoms with Crippen LogP contribution in [0.2, 0.25) is 0 Å². The summed E-state index contributed by atoms with van der Waals surface area (Å²) in [5.41, 5.74) is 0. The monoisotopic (exact) mass is 973 g/mol. The molecule has 0 aromatic carbocycles.